The molecule has 1 amide bonds. The molecule has 1 unspecified atom stereocenters. The summed E-state index contributed by atoms with van der Waals surface area (Å²) in [5.41, 5.74) is 1.44. The Balaban J connectivity index is 2.45. The smallest absolute Gasteiger partial charge is 0.251 e. The summed E-state index contributed by atoms with van der Waals surface area (Å²) in [6.07, 6.45) is 5.90. The van der Waals surface area contributed by atoms with E-state index in [9.17, 15) is 9.90 Å². The molecule has 2 N–H and O–H groups in total. The van der Waals surface area contributed by atoms with E-state index in [-0.39, 0.29) is 17.7 Å². The minimum absolute atomic E-state index is 0.0551. The molecule has 1 aromatic rings. The standard InChI is InChI=1S/C16H25NO2/c1-4-5-6-7-8-13(3)17-16(19)15-10-9-14(18)11-12(15)2/h9-11,13,18H,4-8H2,1-3H3,(H,17,19). The molecule has 0 saturated carbocycles. The van der Waals surface area contributed by atoms with Crippen LogP contribution >= 0.6 is 0 Å². The number of hydrogen-bond acceptors (Lipinski definition) is 2. The maximum Gasteiger partial charge on any atom is 0.251 e. The summed E-state index contributed by atoms with van der Waals surface area (Å²) in [5, 5.41) is 12.3. The van der Waals surface area contributed by atoms with Crippen LogP contribution in [0.2, 0.25) is 0 Å². The molecular weight excluding hydrogens is 238 g/mol. The van der Waals surface area contributed by atoms with Gasteiger partial charge in [0.15, 0.2) is 0 Å². The molecule has 0 heterocycles. The Labute approximate surface area is 116 Å². The number of aromatic hydroxyl groups is 1. The Morgan fingerprint density at radius 2 is 2.05 bits per heavy atom. The van der Waals surface area contributed by atoms with E-state index in [0.29, 0.717) is 5.56 Å². The van der Waals surface area contributed by atoms with Crippen molar-refractivity contribution >= 4 is 5.91 Å². The van der Waals surface area contributed by atoms with Crippen LogP contribution in [-0.2, 0) is 0 Å². The summed E-state index contributed by atoms with van der Waals surface area (Å²) in [6.45, 7) is 6.07. The van der Waals surface area contributed by atoms with Crippen molar-refractivity contribution in [3.8, 4) is 5.75 Å². The van der Waals surface area contributed by atoms with Crippen LogP contribution < -0.4 is 5.32 Å². The van der Waals surface area contributed by atoms with E-state index >= 15 is 0 Å². The molecule has 106 valence electrons. The number of rotatable bonds is 7. The molecule has 3 nitrogen and oxygen atoms in total. The van der Waals surface area contributed by atoms with Gasteiger partial charge >= 0.3 is 0 Å². The van der Waals surface area contributed by atoms with Crippen molar-refractivity contribution in [2.45, 2.75) is 58.9 Å². The lowest BCUT2D eigenvalue weighted by molar-refractivity contribution is 0.0937. The van der Waals surface area contributed by atoms with Gasteiger partial charge in [0.25, 0.3) is 5.91 Å². The Morgan fingerprint density at radius 3 is 2.68 bits per heavy atom. The SMILES string of the molecule is CCCCCCC(C)NC(=O)c1ccc(O)cc1C. The molecular formula is C16H25NO2. The first-order valence-corrected chi connectivity index (χ1v) is 7.15. The summed E-state index contributed by atoms with van der Waals surface area (Å²) in [6, 6.07) is 5.02. The third-order valence-electron chi connectivity index (χ3n) is 3.32. The molecule has 0 aliphatic carbocycles. The minimum Gasteiger partial charge on any atom is -0.508 e. The normalized spacial score (nSPS) is 12.2. The highest BCUT2D eigenvalue weighted by atomic mass is 16.3. The van der Waals surface area contributed by atoms with E-state index in [4.69, 9.17) is 0 Å². The van der Waals surface area contributed by atoms with Gasteiger partial charge in [-0.2, -0.15) is 0 Å². The summed E-state index contributed by atoms with van der Waals surface area (Å²) < 4.78 is 0. The van der Waals surface area contributed by atoms with Crippen molar-refractivity contribution in [3.63, 3.8) is 0 Å². The molecule has 1 aromatic carbocycles. The average molecular weight is 263 g/mol. The number of phenolic OH excluding ortho intramolecular Hbond substituents is 1. The van der Waals surface area contributed by atoms with Gasteiger partial charge in [-0.25, -0.2) is 0 Å². The van der Waals surface area contributed by atoms with E-state index in [1.807, 2.05) is 13.8 Å². The molecule has 1 rings (SSSR count). The van der Waals surface area contributed by atoms with Crippen molar-refractivity contribution in [2.75, 3.05) is 0 Å². The second-order valence-electron chi connectivity index (χ2n) is 5.22. The van der Waals surface area contributed by atoms with E-state index in [1.165, 1.54) is 19.3 Å². The number of amides is 1. The van der Waals surface area contributed by atoms with Gasteiger partial charge in [0.2, 0.25) is 0 Å². The molecule has 19 heavy (non-hydrogen) atoms. The predicted octanol–water partition coefficient (Wildman–Crippen LogP) is 3.79. The van der Waals surface area contributed by atoms with Crippen LogP contribution in [0.5, 0.6) is 5.75 Å². The van der Waals surface area contributed by atoms with Crippen LogP contribution in [0.15, 0.2) is 18.2 Å². The van der Waals surface area contributed by atoms with Crippen LogP contribution in [0.25, 0.3) is 0 Å². The highest BCUT2D eigenvalue weighted by Gasteiger charge is 2.12. The maximum absolute atomic E-state index is 12.1. The van der Waals surface area contributed by atoms with Crippen LogP contribution in [-0.4, -0.2) is 17.1 Å². The van der Waals surface area contributed by atoms with E-state index in [0.717, 1.165) is 18.4 Å². The zero-order valence-corrected chi connectivity index (χ0v) is 12.2. The van der Waals surface area contributed by atoms with E-state index < -0.39 is 0 Å². The molecule has 0 saturated heterocycles. The predicted molar refractivity (Wildman–Crippen MR) is 78.5 cm³/mol. The lowest BCUT2D eigenvalue weighted by Gasteiger charge is -2.15. The number of aryl methyl sites for hydroxylation is 1. The van der Waals surface area contributed by atoms with Crippen molar-refractivity contribution in [3.05, 3.63) is 29.3 Å². The Hall–Kier alpha value is -1.51. The molecule has 0 bridgehead atoms. The van der Waals surface area contributed by atoms with Crippen molar-refractivity contribution in [1.29, 1.82) is 0 Å². The van der Waals surface area contributed by atoms with Gasteiger partial charge in [-0.3, -0.25) is 4.79 Å². The number of hydrogen-bond donors (Lipinski definition) is 2. The number of phenols is 1. The average Bonchev–Trinajstić information content (AvgIpc) is 2.34. The van der Waals surface area contributed by atoms with Crippen molar-refractivity contribution in [2.24, 2.45) is 0 Å². The second kappa shape index (κ2) is 7.82. The zero-order chi connectivity index (χ0) is 14.3. The van der Waals surface area contributed by atoms with Crippen LogP contribution in [0, 0.1) is 6.92 Å². The quantitative estimate of drug-likeness (QED) is 0.735. The van der Waals surface area contributed by atoms with Gasteiger partial charge < -0.3 is 10.4 Å². The van der Waals surface area contributed by atoms with Crippen LogP contribution in [0.4, 0.5) is 0 Å². The third kappa shape index (κ3) is 5.33. The fraction of sp³-hybridized carbons (Fsp3) is 0.562. The van der Waals surface area contributed by atoms with Crippen LogP contribution in [0.3, 0.4) is 0 Å². The number of unbranched alkanes of at least 4 members (excludes halogenated alkanes) is 3. The second-order valence-corrected chi connectivity index (χ2v) is 5.22. The van der Waals surface area contributed by atoms with Gasteiger partial charge in [0.1, 0.15) is 5.75 Å². The number of carbonyl (C=O) groups excluding carboxylic acids is 1. The van der Waals surface area contributed by atoms with Gasteiger partial charge in [-0.05, 0) is 44.0 Å². The van der Waals surface area contributed by atoms with Gasteiger partial charge in [0, 0.05) is 11.6 Å². The Kier molecular flexibility index (Phi) is 6.40. The molecule has 0 radical (unpaired) electrons. The summed E-state index contributed by atoms with van der Waals surface area (Å²) in [4.78, 5) is 12.1. The lowest BCUT2D eigenvalue weighted by Crippen LogP contribution is -2.32. The van der Waals surface area contributed by atoms with Crippen molar-refractivity contribution < 1.29 is 9.90 Å². The van der Waals surface area contributed by atoms with Gasteiger partial charge in [-0.1, -0.05) is 32.6 Å². The van der Waals surface area contributed by atoms with E-state index in [1.54, 1.807) is 18.2 Å². The Morgan fingerprint density at radius 1 is 1.32 bits per heavy atom. The first-order valence-electron chi connectivity index (χ1n) is 7.15. The molecule has 0 spiro atoms. The topological polar surface area (TPSA) is 49.3 Å². The lowest BCUT2D eigenvalue weighted by atomic mass is 10.1. The fourth-order valence-electron chi connectivity index (χ4n) is 2.15. The molecule has 1 atom stereocenters. The minimum atomic E-state index is -0.0551. The number of nitrogens with one attached hydrogen (secondary N) is 1. The molecule has 0 aliphatic rings. The third-order valence-corrected chi connectivity index (χ3v) is 3.32. The molecule has 0 aromatic heterocycles. The highest BCUT2D eigenvalue weighted by molar-refractivity contribution is 5.95. The summed E-state index contributed by atoms with van der Waals surface area (Å²) >= 11 is 0. The number of benzene rings is 1. The largest absolute Gasteiger partial charge is 0.508 e. The molecule has 0 aliphatic heterocycles. The summed E-state index contributed by atoms with van der Waals surface area (Å²) in [7, 11) is 0. The van der Waals surface area contributed by atoms with E-state index in [2.05, 4.69) is 12.2 Å². The first-order chi connectivity index (χ1) is 9.04. The van der Waals surface area contributed by atoms with Crippen LogP contribution in [0.1, 0.15) is 61.9 Å². The van der Waals surface area contributed by atoms with Gasteiger partial charge in [-0.15, -0.1) is 0 Å². The molecule has 0 fully saturated rings. The van der Waals surface area contributed by atoms with Crippen molar-refractivity contribution in [1.82, 2.24) is 5.32 Å². The highest BCUT2D eigenvalue weighted by Crippen LogP contribution is 2.16. The summed E-state index contributed by atoms with van der Waals surface area (Å²) in [5.74, 6) is 0.141. The Bertz CT molecular complexity index is 415. The maximum atomic E-state index is 12.1. The number of carbonyl (C=O) groups is 1. The first kappa shape index (κ1) is 15.5. The van der Waals surface area contributed by atoms with Gasteiger partial charge in [0.05, 0.1) is 0 Å². The zero-order valence-electron chi connectivity index (χ0n) is 12.2. The monoisotopic (exact) mass is 263 g/mol. The molecule has 3 heteroatoms. The fourth-order valence-corrected chi connectivity index (χ4v) is 2.15.